The minimum atomic E-state index is -4.39. The van der Waals surface area contributed by atoms with E-state index in [2.05, 4.69) is 35.5 Å². The van der Waals surface area contributed by atoms with E-state index in [1.54, 1.807) is 18.2 Å². The number of aromatic amines is 1. The monoisotopic (exact) mass is 639 g/mol. The van der Waals surface area contributed by atoms with E-state index >= 15 is 0 Å². The normalized spacial score (nSPS) is 14.3. The maximum atomic E-state index is 12.2. The van der Waals surface area contributed by atoms with Gasteiger partial charge in [0.25, 0.3) is 5.91 Å². The zero-order chi connectivity index (χ0) is 32.8. The maximum absolute atomic E-state index is 12.2. The van der Waals surface area contributed by atoms with E-state index in [0.717, 1.165) is 11.2 Å². The van der Waals surface area contributed by atoms with Gasteiger partial charge in [0, 0.05) is 25.8 Å². The number of ether oxygens (including phenoxy) is 1. The molecular weight excluding hydrogens is 603 g/mol. The van der Waals surface area contributed by atoms with Gasteiger partial charge in [-0.3, -0.25) is 9.59 Å². The lowest BCUT2D eigenvalue weighted by Crippen LogP contribution is -2.24. The molecule has 2 aromatic heterocycles. The first-order chi connectivity index (χ1) is 20.8. The molecule has 0 saturated heterocycles. The van der Waals surface area contributed by atoms with Crippen molar-refractivity contribution in [2.75, 3.05) is 6.61 Å². The molecule has 10 nitrogen and oxygen atoms in total. The Morgan fingerprint density at radius 3 is 2.41 bits per heavy atom. The van der Waals surface area contributed by atoms with Crippen LogP contribution in [0.3, 0.4) is 0 Å². The third kappa shape index (κ3) is 13.7. The first kappa shape index (κ1) is 36.4. The second-order valence-corrected chi connectivity index (χ2v) is 9.48. The van der Waals surface area contributed by atoms with Crippen molar-refractivity contribution in [2.45, 2.75) is 97.1 Å². The summed E-state index contributed by atoms with van der Waals surface area (Å²) in [6.45, 7) is 0.812. The van der Waals surface area contributed by atoms with Crippen molar-refractivity contribution in [2.24, 2.45) is 0 Å². The first-order valence-corrected chi connectivity index (χ1v) is 14.1. The molecule has 1 saturated carbocycles. The summed E-state index contributed by atoms with van der Waals surface area (Å²) in [5, 5.41) is 12.7. The van der Waals surface area contributed by atoms with Crippen LogP contribution in [0.5, 0.6) is 0 Å². The Morgan fingerprint density at radius 1 is 1.09 bits per heavy atom. The van der Waals surface area contributed by atoms with Crippen LogP contribution in [-0.2, 0) is 29.2 Å². The van der Waals surface area contributed by atoms with Crippen LogP contribution in [0.25, 0.3) is 11.0 Å². The number of rotatable bonds is 11. The molecule has 44 heavy (non-hydrogen) atoms. The van der Waals surface area contributed by atoms with Gasteiger partial charge in [-0.2, -0.15) is 31.8 Å². The van der Waals surface area contributed by atoms with Gasteiger partial charge >= 0.3 is 12.8 Å². The fraction of sp³-hybridized carbons (Fsp3) is 0.593. The summed E-state index contributed by atoms with van der Waals surface area (Å²) in [6.07, 6.45) is -2.37. The lowest BCUT2D eigenvalue weighted by Gasteiger charge is -2.20. The van der Waals surface area contributed by atoms with Gasteiger partial charge in [0.2, 0.25) is 11.8 Å². The molecule has 0 unspecified atom stereocenters. The molecule has 0 atom stereocenters. The van der Waals surface area contributed by atoms with Crippen LogP contribution in [0, 0.1) is 0 Å². The summed E-state index contributed by atoms with van der Waals surface area (Å²) < 4.78 is 89.0. The Labute approximate surface area is 249 Å². The minimum Gasteiger partial charge on any atom is -0.352 e. The van der Waals surface area contributed by atoms with E-state index in [4.69, 9.17) is 0 Å². The van der Waals surface area contributed by atoms with Crippen molar-refractivity contribution in [3.05, 3.63) is 41.5 Å². The van der Waals surface area contributed by atoms with Gasteiger partial charge in [0.15, 0.2) is 5.69 Å². The average Bonchev–Trinajstić information content (AvgIpc) is 3.61. The Bertz CT molecular complexity index is 1300. The van der Waals surface area contributed by atoms with Crippen LogP contribution >= 0.6 is 0 Å². The molecule has 4 rings (SSSR count). The van der Waals surface area contributed by atoms with Crippen molar-refractivity contribution in [1.29, 1.82) is 0 Å². The van der Waals surface area contributed by atoms with Gasteiger partial charge in [-0.15, -0.1) is 5.10 Å². The third-order valence-electron chi connectivity index (χ3n) is 6.03. The summed E-state index contributed by atoms with van der Waals surface area (Å²) >= 11 is 0. The van der Waals surface area contributed by atoms with Crippen molar-refractivity contribution in [3.8, 4) is 0 Å². The predicted molar refractivity (Wildman–Crippen MR) is 146 cm³/mol. The van der Waals surface area contributed by atoms with E-state index in [0.29, 0.717) is 35.3 Å². The van der Waals surface area contributed by atoms with Crippen LogP contribution in [0.2, 0.25) is 0 Å². The summed E-state index contributed by atoms with van der Waals surface area (Å²) in [5.74, 6) is -3.15. The largest absolute Gasteiger partial charge is 0.389 e. The van der Waals surface area contributed by atoms with Gasteiger partial charge in [-0.25, -0.2) is 13.8 Å². The summed E-state index contributed by atoms with van der Waals surface area (Å²) in [5.41, 5.74) is 1.83. The Morgan fingerprint density at radius 2 is 1.80 bits per heavy atom. The fourth-order valence-corrected chi connectivity index (χ4v) is 3.90. The van der Waals surface area contributed by atoms with Gasteiger partial charge in [0.05, 0.1) is 43.3 Å². The van der Waals surface area contributed by atoms with Crippen LogP contribution in [0.15, 0.2) is 24.4 Å². The number of carbonyl (C=O) groups is 2. The minimum absolute atomic E-state index is 0.0169. The molecule has 0 radical (unpaired) electrons. The number of amides is 2. The van der Waals surface area contributed by atoms with Crippen molar-refractivity contribution < 1.29 is 45.1 Å². The highest BCUT2D eigenvalue weighted by Gasteiger charge is 2.30. The molecule has 0 spiro atoms. The molecule has 1 aromatic carbocycles. The summed E-state index contributed by atoms with van der Waals surface area (Å²) in [4.78, 5) is 32.2. The van der Waals surface area contributed by atoms with Crippen molar-refractivity contribution >= 4 is 22.8 Å². The fourth-order valence-electron chi connectivity index (χ4n) is 3.90. The Hall–Kier alpha value is -3.76. The van der Waals surface area contributed by atoms with Crippen molar-refractivity contribution in [3.63, 3.8) is 0 Å². The highest BCUT2D eigenvalue weighted by atomic mass is 19.4. The number of carbonyl (C=O) groups excluding carboxylic acids is 2. The van der Waals surface area contributed by atoms with Crippen LogP contribution in [-0.4, -0.2) is 62.1 Å². The topological polar surface area (TPSA) is 127 Å². The quantitative estimate of drug-likeness (QED) is 0.225. The molecule has 2 amide bonds. The van der Waals surface area contributed by atoms with Gasteiger partial charge in [-0.1, -0.05) is 26.3 Å². The molecule has 1 aliphatic rings. The van der Waals surface area contributed by atoms with Gasteiger partial charge in [0.1, 0.15) is 5.82 Å². The first-order valence-electron chi connectivity index (χ1n) is 14.1. The number of aromatic nitrogens is 5. The SMILES string of the molecule is CC.FC1(F)CCCCC1.O=C(CCC(F)(F)F)NCc1ccc2nc(CNC(=O)c3cnn(CCOC(F)F)n3)[nH]c2c1. The van der Waals surface area contributed by atoms with Gasteiger partial charge < -0.3 is 20.4 Å². The number of alkyl halides is 7. The van der Waals surface area contributed by atoms with E-state index in [1.165, 1.54) is 6.20 Å². The van der Waals surface area contributed by atoms with E-state index < -0.39 is 43.4 Å². The van der Waals surface area contributed by atoms with E-state index in [1.807, 2.05) is 13.8 Å². The number of H-pyrrole nitrogens is 1. The number of hydrogen-bond donors (Lipinski definition) is 3. The number of fused-ring (bicyclic) bond motifs is 1. The summed E-state index contributed by atoms with van der Waals surface area (Å²) in [6, 6.07) is 5.03. The van der Waals surface area contributed by atoms with Crippen molar-refractivity contribution in [1.82, 2.24) is 35.6 Å². The molecule has 0 aliphatic heterocycles. The highest BCUT2D eigenvalue weighted by molar-refractivity contribution is 5.91. The number of halogens is 7. The molecule has 17 heteroatoms. The van der Waals surface area contributed by atoms with E-state index in [9.17, 15) is 40.3 Å². The number of nitrogens with zero attached hydrogens (tertiary/aromatic N) is 4. The molecular formula is C27H36F7N7O3. The smallest absolute Gasteiger partial charge is 0.352 e. The molecule has 1 aliphatic carbocycles. The maximum Gasteiger partial charge on any atom is 0.389 e. The van der Waals surface area contributed by atoms with Crippen LogP contribution in [0.4, 0.5) is 30.7 Å². The molecule has 0 bridgehead atoms. The zero-order valence-electron chi connectivity index (χ0n) is 24.3. The lowest BCUT2D eigenvalue weighted by atomic mass is 9.97. The predicted octanol–water partition coefficient (Wildman–Crippen LogP) is 5.89. The Kier molecular flexibility index (Phi) is 14.5. The van der Waals surface area contributed by atoms with Gasteiger partial charge in [-0.05, 0) is 30.5 Å². The lowest BCUT2D eigenvalue weighted by molar-refractivity contribution is -0.144. The number of benzene rings is 1. The zero-order valence-corrected chi connectivity index (χ0v) is 24.3. The molecule has 2 heterocycles. The Balaban J connectivity index is 0.000000577. The number of imidazole rings is 1. The van der Waals surface area contributed by atoms with E-state index in [-0.39, 0.29) is 44.8 Å². The van der Waals surface area contributed by atoms with Crippen LogP contribution < -0.4 is 10.6 Å². The summed E-state index contributed by atoms with van der Waals surface area (Å²) in [7, 11) is 0. The second kappa shape index (κ2) is 17.5. The number of nitrogens with one attached hydrogen (secondary N) is 3. The second-order valence-electron chi connectivity index (χ2n) is 9.48. The van der Waals surface area contributed by atoms with Crippen LogP contribution in [0.1, 0.15) is 80.7 Å². The molecule has 1 fully saturated rings. The standard InChI is InChI=1S/C19H20F5N7O3.C6H10F2.C2H6/c20-18(21)34-6-5-31-27-9-14(30-31)17(33)26-10-15-28-12-2-1-11(7-13(12)29-15)8-25-16(32)3-4-19(22,23)24;7-6(8)4-2-1-3-5-6;1-2/h1-2,7,9,18H,3-6,8,10H2,(H,25,32)(H,26,33)(H,28,29);1-5H2;1-2H3. The third-order valence-corrected chi connectivity index (χ3v) is 6.03. The highest BCUT2D eigenvalue weighted by Crippen LogP contribution is 2.32. The molecule has 246 valence electrons. The molecule has 3 N–H and O–H groups in total. The number of hydrogen-bond acceptors (Lipinski definition) is 6. The molecule has 3 aromatic rings. The average molecular weight is 640 g/mol.